The molecule has 3 heterocycles. The predicted octanol–water partition coefficient (Wildman–Crippen LogP) is 0.670. The molecule has 0 aliphatic carbocycles. The van der Waals surface area contributed by atoms with Gasteiger partial charge in [0.2, 0.25) is 17.7 Å². The van der Waals surface area contributed by atoms with Crippen LogP contribution in [0.1, 0.15) is 33.6 Å². The number of alkyl halides is 6. The fourth-order valence-corrected chi connectivity index (χ4v) is 5.28. The molecule has 3 rings (SSSR count). The van der Waals surface area contributed by atoms with Crippen molar-refractivity contribution in [3.05, 3.63) is 0 Å². The molecule has 3 N–H and O–H groups in total. The van der Waals surface area contributed by atoms with Crippen LogP contribution >= 0.6 is 0 Å². The lowest BCUT2D eigenvalue weighted by Crippen LogP contribution is -2.61. The van der Waals surface area contributed by atoms with E-state index in [0.29, 0.717) is 0 Å². The lowest BCUT2D eigenvalue weighted by molar-refractivity contribution is -0.321. The summed E-state index contributed by atoms with van der Waals surface area (Å²) >= 11 is 0. The SMILES string of the molecule is CC(C)(C)C(NC(=O)C(F)(F)F)C(=O)N1C[C@@H]2COC[C@@H]2[C@H]1C(=O)NC(CC1CCNC1=O)C(=O)COC(F)(F)F. The van der Waals surface area contributed by atoms with Crippen molar-refractivity contribution >= 4 is 29.4 Å². The second kappa shape index (κ2) is 12.1. The van der Waals surface area contributed by atoms with E-state index in [1.54, 1.807) is 5.32 Å². The van der Waals surface area contributed by atoms with Crippen LogP contribution in [0.25, 0.3) is 0 Å². The Morgan fingerprint density at radius 1 is 1.07 bits per heavy atom. The van der Waals surface area contributed by atoms with Crippen molar-refractivity contribution in [2.24, 2.45) is 23.2 Å². The average Bonchev–Trinajstić information content (AvgIpc) is 3.54. The van der Waals surface area contributed by atoms with Gasteiger partial charge in [-0.05, 0) is 18.3 Å². The van der Waals surface area contributed by atoms with Gasteiger partial charge in [0, 0.05) is 30.8 Å². The molecule has 3 fully saturated rings. The minimum atomic E-state index is -5.28. The summed E-state index contributed by atoms with van der Waals surface area (Å²) in [5.74, 6) is -7.76. The van der Waals surface area contributed by atoms with Gasteiger partial charge in [-0.15, -0.1) is 13.2 Å². The number of nitrogens with zero attached hydrogens (tertiary/aromatic N) is 1. The van der Waals surface area contributed by atoms with Crippen molar-refractivity contribution in [3.63, 3.8) is 0 Å². The number of ketones is 1. The molecule has 41 heavy (non-hydrogen) atoms. The number of nitrogens with one attached hydrogen (secondary N) is 3. The van der Waals surface area contributed by atoms with Crippen molar-refractivity contribution in [2.45, 2.75) is 64.3 Å². The van der Waals surface area contributed by atoms with Crippen LogP contribution in [0.5, 0.6) is 0 Å². The normalized spacial score (nSPS) is 26.3. The fourth-order valence-electron chi connectivity index (χ4n) is 5.28. The summed E-state index contributed by atoms with van der Waals surface area (Å²) in [6.45, 7) is 3.08. The van der Waals surface area contributed by atoms with Gasteiger partial charge in [-0.25, -0.2) is 0 Å². The fraction of sp³-hybridized carbons (Fsp3) is 0.792. The average molecular weight is 603 g/mol. The highest BCUT2D eigenvalue weighted by Crippen LogP contribution is 2.37. The third-order valence-corrected chi connectivity index (χ3v) is 7.38. The number of halogens is 6. The van der Waals surface area contributed by atoms with E-state index in [1.165, 1.54) is 20.8 Å². The first-order chi connectivity index (χ1) is 18.8. The second-order valence-corrected chi connectivity index (χ2v) is 11.4. The van der Waals surface area contributed by atoms with E-state index in [9.17, 15) is 50.3 Å². The van der Waals surface area contributed by atoms with Crippen LogP contribution in [0.2, 0.25) is 0 Å². The smallest absolute Gasteiger partial charge is 0.381 e. The molecule has 3 saturated heterocycles. The van der Waals surface area contributed by atoms with E-state index in [4.69, 9.17) is 4.74 Å². The quantitative estimate of drug-likeness (QED) is 0.330. The van der Waals surface area contributed by atoms with E-state index < -0.39 is 89.9 Å². The van der Waals surface area contributed by atoms with E-state index in [1.807, 2.05) is 0 Å². The molecule has 3 aliphatic rings. The summed E-state index contributed by atoms with van der Waals surface area (Å²) < 4.78 is 85.9. The van der Waals surface area contributed by atoms with Crippen LogP contribution in [0, 0.1) is 23.2 Å². The molecule has 3 aliphatic heterocycles. The predicted molar refractivity (Wildman–Crippen MR) is 125 cm³/mol. The van der Waals surface area contributed by atoms with E-state index in [2.05, 4.69) is 15.4 Å². The molecule has 0 saturated carbocycles. The van der Waals surface area contributed by atoms with Gasteiger partial charge in [-0.3, -0.25) is 28.7 Å². The Labute approximate surface area is 231 Å². The largest absolute Gasteiger partial charge is 0.522 e. The van der Waals surface area contributed by atoms with Gasteiger partial charge in [0.05, 0.1) is 19.3 Å². The van der Waals surface area contributed by atoms with Gasteiger partial charge in [0.15, 0.2) is 5.78 Å². The molecule has 0 spiro atoms. The molecule has 6 atom stereocenters. The van der Waals surface area contributed by atoms with Crippen molar-refractivity contribution in [2.75, 3.05) is 32.9 Å². The van der Waals surface area contributed by atoms with E-state index >= 15 is 0 Å². The summed E-state index contributed by atoms with van der Waals surface area (Å²) in [4.78, 5) is 64.7. The molecule has 0 aromatic heterocycles. The lowest BCUT2D eigenvalue weighted by Gasteiger charge is -2.36. The van der Waals surface area contributed by atoms with Crippen LogP contribution in [-0.2, 0) is 33.4 Å². The van der Waals surface area contributed by atoms with Crippen LogP contribution in [-0.4, -0.2) is 97.9 Å². The topological polar surface area (TPSA) is 143 Å². The number of Topliss-reactive ketones (excluding diaryl/α,β-unsaturated/α-hetero) is 1. The maximum Gasteiger partial charge on any atom is 0.522 e. The van der Waals surface area contributed by atoms with Crippen molar-refractivity contribution in [1.82, 2.24) is 20.9 Å². The Morgan fingerprint density at radius 3 is 2.27 bits per heavy atom. The van der Waals surface area contributed by atoms with Crippen molar-refractivity contribution < 1.29 is 59.8 Å². The van der Waals surface area contributed by atoms with Gasteiger partial charge in [-0.2, -0.15) is 13.2 Å². The molecule has 0 aromatic carbocycles. The Morgan fingerprint density at radius 2 is 1.73 bits per heavy atom. The van der Waals surface area contributed by atoms with Gasteiger partial charge >= 0.3 is 18.4 Å². The number of amides is 4. The lowest BCUT2D eigenvalue weighted by atomic mass is 9.85. The van der Waals surface area contributed by atoms with Gasteiger partial charge in [-0.1, -0.05) is 20.8 Å². The second-order valence-electron chi connectivity index (χ2n) is 11.4. The zero-order valence-electron chi connectivity index (χ0n) is 22.5. The summed E-state index contributed by atoms with van der Waals surface area (Å²) in [6.07, 6.45) is -10.5. The Balaban J connectivity index is 1.87. The maximum atomic E-state index is 13.6. The third kappa shape index (κ3) is 8.08. The maximum absolute atomic E-state index is 13.6. The molecule has 3 unspecified atom stereocenters. The molecular weight excluding hydrogens is 570 g/mol. The number of hydrogen-bond acceptors (Lipinski definition) is 7. The molecule has 4 amide bonds. The monoisotopic (exact) mass is 602 g/mol. The molecule has 232 valence electrons. The first kappa shape index (κ1) is 32.6. The minimum absolute atomic E-state index is 0.0115. The zero-order valence-corrected chi connectivity index (χ0v) is 22.5. The summed E-state index contributed by atoms with van der Waals surface area (Å²) in [6, 6.07) is -4.68. The summed E-state index contributed by atoms with van der Waals surface area (Å²) in [5, 5.41) is 6.58. The van der Waals surface area contributed by atoms with Crippen LogP contribution in [0.4, 0.5) is 26.3 Å². The highest BCUT2D eigenvalue weighted by Gasteiger charge is 2.54. The number of ether oxygens (including phenoxy) is 2. The highest BCUT2D eigenvalue weighted by atomic mass is 19.4. The molecule has 0 aromatic rings. The van der Waals surface area contributed by atoms with Crippen LogP contribution in [0.15, 0.2) is 0 Å². The first-order valence-electron chi connectivity index (χ1n) is 12.9. The number of carbonyl (C=O) groups is 5. The molecule has 17 heteroatoms. The standard InChI is InChI=1S/C24H32F6N4O7/c1-22(2,3)17(33-21(39)23(25,26)27)20(38)34-7-12-8-40-9-13(12)16(34)19(37)32-14(6-11-4-5-31-18(11)36)15(35)10-41-24(28,29)30/h11-14,16-17H,4-10H2,1-3H3,(H,31,36)(H,32,37)(H,33,39)/t11?,12-,13+,14?,16+,17?/m1/s1. The first-order valence-corrected chi connectivity index (χ1v) is 12.9. The molecule has 0 radical (unpaired) electrons. The zero-order chi connectivity index (χ0) is 30.9. The Hall–Kier alpha value is -2.95. The number of hydrogen-bond donors (Lipinski definition) is 3. The minimum Gasteiger partial charge on any atom is -0.381 e. The number of fused-ring (bicyclic) bond motifs is 1. The van der Waals surface area contributed by atoms with Gasteiger partial charge in [0.25, 0.3) is 0 Å². The summed E-state index contributed by atoms with van der Waals surface area (Å²) in [7, 11) is 0. The van der Waals surface area contributed by atoms with Crippen LogP contribution < -0.4 is 16.0 Å². The van der Waals surface area contributed by atoms with Gasteiger partial charge in [0.1, 0.15) is 18.7 Å². The van der Waals surface area contributed by atoms with E-state index in [0.717, 1.165) is 4.90 Å². The Bertz CT molecular complexity index is 1040. The van der Waals surface area contributed by atoms with Crippen molar-refractivity contribution in [1.29, 1.82) is 0 Å². The summed E-state index contributed by atoms with van der Waals surface area (Å²) in [5.41, 5.74) is -1.23. The van der Waals surface area contributed by atoms with Crippen molar-refractivity contribution in [3.8, 4) is 0 Å². The Kier molecular flexibility index (Phi) is 9.62. The number of likely N-dealkylation sites (tertiary alicyclic amines) is 1. The molecule has 11 nitrogen and oxygen atoms in total. The highest BCUT2D eigenvalue weighted by molar-refractivity contribution is 5.96. The molecular formula is C24H32F6N4O7. The van der Waals surface area contributed by atoms with Crippen LogP contribution in [0.3, 0.4) is 0 Å². The number of carbonyl (C=O) groups excluding carboxylic acids is 5. The number of rotatable bonds is 9. The third-order valence-electron chi connectivity index (χ3n) is 7.38. The van der Waals surface area contributed by atoms with Gasteiger partial charge < -0.3 is 25.6 Å². The van der Waals surface area contributed by atoms with E-state index in [-0.39, 0.29) is 39.1 Å². The molecule has 0 bridgehead atoms.